The molecule has 0 saturated carbocycles. The van der Waals surface area contributed by atoms with Crippen LogP contribution in [0.1, 0.15) is 0 Å². The molecule has 19 rings (SSSR count). The molecular formula is C78H44O6Si. The molecule has 0 N–H and O–H groups in total. The van der Waals surface area contributed by atoms with Crippen molar-refractivity contribution in [3.05, 3.63) is 267 Å². The van der Waals surface area contributed by atoms with Gasteiger partial charge in [-0.25, -0.2) is 0 Å². The molecule has 0 unspecified atom stereocenters. The molecule has 0 aliphatic rings. The lowest BCUT2D eigenvalue weighted by Gasteiger charge is -2.34. The van der Waals surface area contributed by atoms with Crippen LogP contribution < -0.4 is 20.7 Å². The van der Waals surface area contributed by atoms with Gasteiger partial charge in [0.05, 0.1) is 0 Å². The Balaban J connectivity index is 0.870. The van der Waals surface area contributed by atoms with Crippen LogP contribution >= 0.6 is 0 Å². The normalized spacial score (nSPS) is 12.5. The lowest BCUT2D eigenvalue weighted by atomic mass is 10.0. The van der Waals surface area contributed by atoms with Crippen molar-refractivity contribution in [1.82, 2.24) is 0 Å². The minimum atomic E-state index is -3.40. The molecule has 19 aromatic rings. The molecule has 6 aromatic heterocycles. The van der Waals surface area contributed by atoms with Gasteiger partial charge in [-0.05, 0) is 127 Å². The molecule has 6 nitrogen and oxygen atoms in total. The summed E-state index contributed by atoms with van der Waals surface area (Å²) in [5.74, 6) is 0. The Morgan fingerprint density at radius 2 is 0.388 bits per heavy atom. The molecule has 0 aliphatic carbocycles. The van der Waals surface area contributed by atoms with E-state index < -0.39 is 8.07 Å². The first kappa shape index (κ1) is 46.5. The van der Waals surface area contributed by atoms with Crippen LogP contribution in [0.15, 0.2) is 293 Å². The van der Waals surface area contributed by atoms with E-state index in [2.05, 4.69) is 267 Å². The molecule has 7 heteroatoms. The summed E-state index contributed by atoms with van der Waals surface area (Å²) in [6.45, 7) is 0. The third-order valence-corrected chi connectivity index (χ3v) is 22.7. The highest BCUT2D eigenvalue weighted by molar-refractivity contribution is 7.20. The fourth-order valence-electron chi connectivity index (χ4n) is 14.0. The van der Waals surface area contributed by atoms with Gasteiger partial charge in [-0.3, -0.25) is 0 Å². The number of fused-ring (bicyclic) bond motifs is 18. The first-order chi connectivity index (χ1) is 42.0. The fraction of sp³-hybridized carbons (Fsp3) is 0. The molecule has 0 aliphatic heterocycles. The lowest BCUT2D eigenvalue weighted by molar-refractivity contribution is 0.655. The van der Waals surface area contributed by atoms with Crippen molar-refractivity contribution in [1.29, 1.82) is 0 Å². The van der Waals surface area contributed by atoms with E-state index in [0.717, 1.165) is 165 Å². The molecule has 0 fully saturated rings. The monoisotopic (exact) mass is 1100 g/mol. The van der Waals surface area contributed by atoms with E-state index in [0.29, 0.717) is 0 Å². The van der Waals surface area contributed by atoms with Crippen molar-refractivity contribution in [2.24, 2.45) is 0 Å². The number of furan rings is 6. The van der Waals surface area contributed by atoms with Crippen molar-refractivity contribution in [3.8, 4) is 33.4 Å². The zero-order valence-electron chi connectivity index (χ0n) is 45.4. The van der Waals surface area contributed by atoms with Crippen molar-refractivity contribution in [2.75, 3.05) is 0 Å². The van der Waals surface area contributed by atoms with Gasteiger partial charge in [0.15, 0.2) is 8.07 Å². The highest BCUT2D eigenvalue weighted by Gasteiger charge is 2.43. The fourth-order valence-corrected chi connectivity index (χ4v) is 18.7. The van der Waals surface area contributed by atoms with E-state index in [9.17, 15) is 0 Å². The molecule has 396 valence electrons. The predicted octanol–water partition coefficient (Wildman–Crippen LogP) is 19.5. The first-order valence-electron chi connectivity index (χ1n) is 28.7. The van der Waals surface area contributed by atoms with E-state index >= 15 is 0 Å². The molecule has 6 heterocycles. The van der Waals surface area contributed by atoms with Crippen LogP contribution in [0.2, 0.25) is 0 Å². The summed E-state index contributed by atoms with van der Waals surface area (Å²) in [5, 5.41) is 17.3. The highest BCUT2D eigenvalue weighted by Crippen LogP contribution is 2.42. The average Bonchev–Trinajstić information content (AvgIpc) is 2.42. The summed E-state index contributed by atoms with van der Waals surface area (Å²) >= 11 is 0. The standard InChI is InChI=1S/C78H44O6Si/c1-5-13-45(14-6-1)48-21-27-67-55(33-48)61-39-64-58-36-52(24-30-70(58)82-76(64)42-73(61)79-67)85(51-19-11-4-12-20-51,53-25-31-71-59(37-53)65-40-62-56-34-49(46-15-7-2-8-16-46)22-28-68(56)80-74(62)43-77(65)83-71)54-26-32-72-60(38-54)66-41-63-57-35-50(47-17-9-3-10-18-47)23-29-69(57)81-75(63)44-78(66)84-72/h1-44H. The van der Waals surface area contributed by atoms with Crippen LogP contribution in [0.5, 0.6) is 0 Å². The van der Waals surface area contributed by atoms with Crippen LogP contribution in [-0.4, -0.2) is 8.07 Å². The largest absolute Gasteiger partial charge is 0.456 e. The topological polar surface area (TPSA) is 78.8 Å². The number of rotatable bonds is 7. The molecule has 0 saturated heterocycles. The maximum absolute atomic E-state index is 6.82. The van der Waals surface area contributed by atoms with Crippen molar-refractivity contribution >= 4 is 160 Å². The van der Waals surface area contributed by atoms with Gasteiger partial charge in [-0.2, -0.15) is 0 Å². The smallest absolute Gasteiger partial charge is 0.179 e. The lowest BCUT2D eigenvalue weighted by Crippen LogP contribution is -2.74. The van der Waals surface area contributed by atoms with E-state index in [1.165, 1.54) is 20.7 Å². The van der Waals surface area contributed by atoms with Crippen molar-refractivity contribution < 1.29 is 26.5 Å². The quantitative estimate of drug-likeness (QED) is 0.117. The summed E-state index contributed by atoms with van der Waals surface area (Å²) in [5.41, 5.74) is 16.5. The number of benzene rings is 13. The Kier molecular flexibility index (Phi) is 9.54. The molecule has 0 spiro atoms. The molecule has 13 aromatic carbocycles. The van der Waals surface area contributed by atoms with Gasteiger partial charge in [0.2, 0.25) is 0 Å². The Labute approximate surface area is 484 Å². The minimum Gasteiger partial charge on any atom is -0.456 e. The van der Waals surface area contributed by atoms with Gasteiger partial charge in [0.25, 0.3) is 0 Å². The predicted molar refractivity (Wildman–Crippen MR) is 350 cm³/mol. The van der Waals surface area contributed by atoms with E-state index in [4.69, 9.17) is 26.5 Å². The zero-order valence-corrected chi connectivity index (χ0v) is 46.4. The maximum atomic E-state index is 6.82. The van der Waals surface area contributed by atoms with Gasteiger partial charge < -0.3 is 26.5 Å². The Morgan fingerprint density at radius 1 is 0.153 bits per heavy atom. The Morgan fingerprint density at radius 3 is 0.671 bits per heavy atom. The van der Waals surface area contributed by atoms with Crippen LogP contribution in [-0.2, 0) is 0 Å². The van der Waals surface area contributed by atoms with E-state index in [1.54, 1.807) is 0 Å². The van der Waals surface area contributed by atoms with E-state index in [-0.39, 0.29) is 0 Å². The summed E-state index contributed by atoms with van der Waals surface area (Å²) < 4.78 is 40.2. The maximum Gasteiger partial charge on any atom is 0.179 e. The zero-order chi connectivity index (χ0) is 55.5. The molecule has 0 amide bonds. The van der Waals surface area contributed by atoms with Crippen LogP contribution in [0, 0.1) is 0 Å². The first-order valence-corrected chi connectivity index (χ1v) is 30.7. The molecule has 0 bridgehead atoms. The third-order valence-electron chi connectivity index (χ3n) is 18.0. The van der Waals surface area contributed by atoms with Gasteiger partial charge in [-0.15, -0.1) is 0 Å². The van der Waals surface area contributed by atoms with Crippen LogP contribution in [0.3, 0.4) is 0 Å². The molecular weight excluding hydrogens is 1060 g/mol. The van der Waals surface area contributed by atoms with Gasteiger partial charge in [0.1, 0.15) is 67.0 Å². The average molecular weight is 1110 g/mol. The van der Waals surface area contributed by atoms with Crippen LogP contribution in [0.4, 0.5) is 0 Å². The number of hydrogen-bond donors (Lipinski definition) is 0. The Bertz CT molecular complexity index is 5410. The third kappa shape index (κ3) is 6.87. The van der Waals surface area contributed by atoms with E-state index in [1.807, 2.05) is 0 Å². The molecule has 85 heavy (non-hydrogen) atoms. The summed E-state index contributed by atoms with van der Waals surface area (Å²) in [7, 11) is -3.40. The highest BCUT2D eigenvalue weighted by atomic mass is 28.3. The Hall–Kier alpha value is -11.1. The summed E-state index contributed by atoms with van der Waals surface area (Å²) in [6, 6.07) is 95.8. The minimum absolute atomic E-state index is 0.773. The number of hydrogen-bond acceptors (Lipinski definition) is 6. The molecule has 0 radical (unpaired) electrons. The summed E-state index contributed by atoms with van der Waals surface area (Å²) in [4.78, 5) is 0. The van der Waals surface area contributed by atoms with Gasteiger partial charge in [0, 0.05) is 82.8 Å². The second kappa shape index (κ2) is 17.5. The SMILES string of the molecule is c1ccc(-c2ccc3oc4cc5oc6ccc([Si](c7ccccc7)(c7ccc8oc9cc%10oc%11ccc(-c%12ccccc%12)cc%11c%10cc9c8c7)c7ccc8oc9cc%10oc%11ccc(-c%12ccccc%12)cc%11c%10cc9c8c7)cc6c5cc4c3c2)cc1. The van der Waals surface area contributed by atoms with Gasteiger partial charge in [-0.1, -0.05) is 176 Å². The summed E-state index contributed by atoms with van der Waals surface area (Å²) in [6.07, 6.45) is 0. The second-order valence-electron chi connectivity index (χ2n) is 22.6. The van der Waals surface area contributed by atoms with Gasteiger partial charge >= 0.3 is 0 Å². The molecule has 0 atom stereocenters. The second-order valence-corrected chi connectivity index (χ2v) is 26.4. The van der Waals surface area contributed by atoms with Crippen molar-refractivity contribution in [3.63, 3.8) is 0 Å². The van der Waals surface area contributed by atoms with Crippen molar-refractivity contribution in [2.45, 2.75) is 0 Å². The van der Waals surface area contributed by atoms with Crippen LogP contribution in [0.25, 0.3) is 165 Å².